The highest BCUT2D eigenvalue weighted by Crippen LogP contribution is 2.08. The standard InChI is InChI=1S/C11H7F2N5O/c12-7-1-6(2-8(13)3-7)5-18-11(19)10-9(15-17-18)4-14-16-10/h1-4H,5H2,(H,14,16). The molecule has 0 aliphatic heterocycles. The Morgan fingerprint density at radius 2 is 1.95 bits per heavy atom. The van der Waals surface area contributed by atoms with Gasteiger partial charge in [-0.25, -0.2) is 13.5 Å². The van der Waals surface area contributed by atoms with E-state index in [2.05, 4.69) is 20.5 Å². The van der Waals surface area contributed by atoms with Crippen molar-refractivity contribution in [3.63, 3.8) is 0 Å². The highest BCUT2D eigenvalue weighted by Gasteiger charge is 2.09. The molecule has 1 N–H and O–H groups in total. The van der Waals surface area contributed by atoms with Crippen molar-refractivity contribution in [1.82, 2.24) is 25.2 Å². The number of H-pyrrole nitrogens is 1. The van der Waals surface area contributed by atoms with Gasteiger partial charge in [0.05, 0.1) is 12.7 Å². The van der Waals surface area contributed by atoms with E-state index in [1.54, 1.807) is 0 Å². The Labute approximate surface area is 104 Å². The van der Waals surface area contributed by atoms with Crippen LogP contribution in [0.3, 0.4) is 0 Å². The molecule has 8 heteroatoms. The fraction of sp³-hybridized carbons (Fsp3) is 0.0909. The first-order chi connectivity index (χ1) is 9.13. The molecule has 6 nitrogen and oxygen atoms in total. The van der Waals surface area contributed by atoms with E-state index in [1.165, 1.54) is 6.20 Å². The van der Waals surface area contributed by atoms with E-state index in [1.807, 2.05) is 0 Å². The lowest BCUT2D eigenvalue weighted by atomic mass is 10.2. The van der Waals surface area contributed by atoms with Gasteiger partial charge in [-0.15, -0.1) is 5.10 Å². The summed E-state index contributed by atoms with van der Waals surface area (Å²) < 4.78 is 27.1. The molecule has 3 rings (SSSR count). The Morgan fingerprint density at radius 3 is 2.68 bits per heavy atom. The van der Waals surface area contributed by atoms with Gasteiger partial charge >= 0.3 is 0 Å². The molecule has 2 aromatic heterocycles. The molecule has 0 saturated carbocycles. The zero-order valence-corrected chi connectivity index (χ0v) is 9.47. The van der Waals surface area contributed by atoms with Crippen molar-refractivity contribution in [3.05, 3.63) is 51.9 Å². The molecule has 1 aromatic carbocycles. The third kappa shape index (κ3) is 2.07. The maximum absolute atomic E-state index is 13.1. The van der Waals surface area contributed by atoms with E-state index in [0.717, 1.165) is 22.9 Å². The van der Waals surface area contributed by atoms with Gasteiger partial charge in [0, 0.05) is 6.07 Å². The van der Waals surface area contributed by atoms with E-state index < -0.39 is 17.2 Å². The van der Waals surface area contributed by atoms with E-state index in [-0.39, 0.29) is 17.6 Å². The van der Waals surface area contributed by atoms with Crippen molar-refractivity contribution >= 4 is 11.0 Å². The second-order valence-corrected chi connectivity index (χ2v) is 3.96. The topological polar surface area (TPSA) is 76.5 Å². The first-order valence-corrected chi connectivity index (χ1v) is 5.35. The summed E-state index contributed by atoms with van der Waals surface area (Å²) in [6.07, 6.45) is 1.37. The minimum atomic E-state index is -0.710. The molecule has 0 atom stereocenters. The van der Waals surface area contributed by atoms with Crippen molar-refractivity contribution in [2.24, 2.45) is 0 Å². The first kappa shape index (κ1) is 11.5. The van der Waals surface area contributed by atoms with Crippen molar-refractivity contribution in [3.8, 4) is 0 Å². The number of nitrogens with zero attached hydrogens (tertiary/aromatic N) is 4. The molecular weight excluding hydrogens is 256 g/mol. The lowest BCUT2D eigenvalue weighted by molar-refractivity contribution is 0.563. The van der Waals surface area contributed by atoms with Gasteiger partial charge in [0.25, 0.3) is 5.56 Å². The summed E-state index contributed by atoms with van der Waals surface area (Å²) in [5.74, 6) is -1.42. The lowest BCUT2D eigenvalue weighted by Gasteiger charge is -2.03. The summed E-state index contributed by atoms with van der Waals surface area (Å²) >= 11 is 0. The molecule has 0 fully saturated rings. The Bertz CT molecular complexity index is 790. The van der Waals surface area contributed by atoms with Crippen LogP contribution in [0.2, 0.25) is 0 Å². The maximum Gasteiger partial charge on any atom is 0.295 e. The molecule has 0 radical (unpaired) electrons. The molecule has 96 valence electrons. The summed E-state index contributed by atoms with van der Waals surface area (Å²) in [5.41, 5.74) is 0.374. The number of fused-ring (bicyclic) bond motifs is 1. The average Bonchev–Trinajstić information content (AvgIpc) is 2.80. The first-order valence-electron chi connectivity index (χ1n) is 5.35. The van der Waals surface area contributed by atoms with Crippen LogP contribution in [-0.4, -0.2) is 25.2 Å². The van der Waals surface area contributed by atoms with Gasteiger partial charge in [0.1, 0.15) is 17.2 Å². The number of benzene rings is 1. The third-order valence-electron chi connectivity index (χ3n) is 2.58. The van der Waals surface area contributed by atoms with Crippen molar-refractivity contribution in [2.45, 2.75) is 6.54 Å². The molecule has 19 heavy (non-hydrogen) atoms. The number of nitrogens with one attached hydrogen (secondary N) is 1. The number of aromatic amines is 1. The Hall–Kier alpha value is -2.64. The number of halogens is 2. The Kier molecular flexibility index (Phi) is 2.55. The number of aromatic nitrogens is 5. The van der Waals surface area contributed by atoms with Crippen LogP contribution in [0.5, 0.6) is 0 Å². The highest BCUT2D eigenvalue weighted by molar-refractivity contribution is 5.70. The van der Waals surface area contributed by atoms with Gasteiger partial charge in [0.15, 0.2) is 5.52 Å². The van der Waals surface area contributed by atoms with E-state index in [0.29, 0.717) is 5.52 Å². The van der Waals surface area contributed by atoms with Crippen LogP contribution in [0.15, 0.2) is 29.2 Å². The van der Waals surface area contributed by atoms with Crippen LogP contribution < -0.4 is 5.56 Å². The summed E-state index contributed by atoms with van der Waals surface area (Å²) in [4.78, 5) is 12.0. The molecule has 0 unspecified atom stereocenters. The van der Waals surface area contributed by atoms with Gasteiger partial charge in [-0.05, 0) is 17.7 Å². The van der Waals surface area contributed by atoms with Crippen molar-refractivity contribution in [2.75, 3.05) is 0 Å². The number of hydrogen-bond acceptors (Lipinski definition) is 4. The van der Waals surface area contributed by atoms with Gasteiger partial charge in [0.2, 0.25) is 0 Å². The average molecular weight is 263 g/mol. The smallest absolute Gasteiger partial charge is 0.271 e. The van der Waals surface area contributed by atoms with Gasteiger partial charge < -0.3 is 0 Å². The van der Waals surface area contributed by atoms with E-state index in [4.69, 9.17) is 0 Å². The second-order valence-electron chi connectivity index (χ2n) is 3.96. The molecule has 0 aliphatic carbocycles. The van der Waals surface area contributed by atoms with Crippen LogP contribution in [0.25, 0.3) is 11.0 Å². The van der Waals surface area contributed by atoms with Crippen LogP contribution in [0.1, 0.15) is 5.56 Å². The van der Waals surface area contributed by atoms with Crippen LogP contribution >= 0.6 is 0 Å². The summed E-state index contributed by atoms with van der Waals surface area (Å²) in [6, 6.07) is 3.03. The van der Waals surface area contributed by atoms with Crippen molar-refractivity contribution < 1.29 is 8.78 Å². The molecule has 3 aromatic rings. The lowest BCUT2D eigenvalue weighted by Crippen LogP contribution is -2.24. The maximum atomic E-state index is 13.1. The molecule has 0 aliphatic rings. The van der Waals surface area contributed by atoms with E-state index >= 15 is 0 Å². The zero-order valence-electron chi connectivity index (χ0n) is 9.47. The highest BCUT2D eigenvalue weighted by atomic mass is 19.1. The van der Waals surface area contributed by atoms with Gasteiger partial charge in [-0.1, -0.05) is 5.21 Å². The minimum absolute atomic E-state index is 0.0739. The monoisotopic (exact) mass is 263 g/mol. The van der Waals surface area contributed by atoms with Crippen molar-refractivity contribution in [1.29, 1.82) is 0 Å². The Balaban J connectivity index is 2.05. The number of rotatable bonds is 2. The molecule has 2 heterocycles. The normalized spacial score (nSPS) is 11.1. The summed E-state index contributed by atoms with van der Waals surface area (Å²) in [5, 5.41) is 13.6. The van der Waals surface area contributed by atoms with Crippen LogP contribution in [0, 0.1) is 11.6 Å². The molecule has 0 spiro atoms. The van der Waals surface area contributed by atoms with Gasteiger partial charge in [-0.3, -0.25) is 9.89 Å². The number of hydrogen-bond donors (Lipinski definition) is 1. The molecular formula is C11H7F2N5O. The van der Waals surface area contributed by atoms with Crippen LogP contribution in [0.4, 0.5) is 8.78 Å². The SMILES string of the molecule is O=c1c2[nH]ncc2nnn1Cc1cc(F)cc(F)c1. The Morgan fingerprint density at radius 1 is 1.21 bits per heavy atom. The molecule has 0 bridgehead atoms. The quantitative estimate of drug-likeness (QED) is 0.743. The predicted molar refractivity (Wildman–Crippen MR) is 61.4 cm³/mol. The predicted octanol–water partition coefficient (Wildman–Crippen LogP) is 0.841. The fourth-order valence-corrected chi connectivity index (χ4v) is 1.76. The minimum Gasteiger partial charge on any atom is -0.271 e. The third-order valence-corrected chi connectivity index (χ3v) is 2.58. The zero-order chi connectivity index (χ0) is 13.4. The summed E-state index contributed by atoms with van der Waals surface area (Å²) in [6.45, 7) is -0.0739. The second kappa shape index (κ2) is 4.23. The fourth-order valence-electron chi connectivity index (χ4n) is 1.76. The van der Waals surface area contributed by atoms with Gasteiger partial charge in [-0.2, -0.15) is 5.10 Å². The summed E-state index contributed by atoms with van der Waals surface area (Å²) in [7, 11) is 0. The van der Waals surface area contributed by atoms with Crippen LogP contribution in [-0.2, 0) is 6.54 Å². The van der Waals surface area contributed by atoms with E-state index in [9.17, 15) is 13.6 Å². The molecule has 0 amide bonds. The molecule has 0 saturated heterocycles. The largest absolute Gasteiger partial charge is 0.295 e.